The van der Waals surface area contributed by atoms with Crippen LogP contribution in [-0.2, 0) is 20.9 Å². The molecule has 4 rings (SSSR count). The summed E-state index contributed by atoms with van der Waals surface area (Å²) >= 11 is 0. The molecule has 3 heterocycles. The van der Waals surface area contributed by atoms with Crippen LogP contribution in [0, 0.1) is 0 Å². The predicted octanol–water partition coefficient (Wildman–Crippen LogP) is 3.96. The van der Waals surface area contributed by atoms with Crippen molar-refractivity contribution in [2.75, 3.05) is 44.0 Å². The van der Waals surface area contributed by atoms with E-state index in [1.54, 1.807) is 0 Å². The summed E-state index contributed by atoms with van der Waals surface area (Å²) in [4.78, 5) is 11.1. The lowest BCUT2D eigenvalue weighted by molar-refractivity contribution is -0.136. The van der Waals surface area contributed by atoms with E-state index in [1.165, 1.54) is 29.6 Å². The van der Waals surface area contributed by atoms with Gasteiger partial charge in [0.1, 0.15) is 17.2 Å². The highest BCUT2D eigenvalue weighted by molar-refractivity contribution is 7.89. The number of fused-ring (bicyclic) bond motifs is 1. The van der Waals surface area contributed by atoms with Crippen LogP contribution < -0.4 is 15.4 Å². The van der Waals surface area contributed by atoms with Crippen LogP contribution in [0.5, 0.6) is 5.75 Å². The van der Waals surface area contributed by atoms with E-state index < -0.39 is 21.8 Å². The van der Waals surface area contributed by atoms with Crippen LogP contribution in [0.15, 0.2) is 29.3 Å². The zero-order valence-corrected chi connectivity index (χ0v) is 20.8. The van der Waals surface area contributed by atoms with E-state index in [4.69, 9.17) is 9.47 Å². The molecule has 0 spiro atoms. The molecule has 1 saturated heterocycles. The van der Waals surface area contributed by atoms with Crippen LogP contribution in [-0.4, -0.2) is 67.1 Å². The number of H-pyrrole nitrogens is 1. The number of alkyl halides is 3. The number of aromatic nitrogens is 3. The predicted molar refractivity (Wildman–Crippen MR) is 128 cm³/mol. The zero-order valence-electron chi connectivity index (χ0n) is 19.9. The summed E-state index contributed by atoms with van der Waals surface area (Å²) in [7, 11) is -2.37. The summed E-state index contributed by atoms with van der Waals surface area (Å²) in [5, 5.41) is 5.79. The number of nitrogens with zero attached hydrogens (tertiary/aromatic N) is 3. The van der Waals surface area contributed by atoms with Gasteiger partial charge in [0.05, 0.1) is 41.9 Å². The van der Waals surface area contributed by atoms with Gasteiger partial charge in [-0.2, -0.15) is 27.4 Å². The average Bonchev–Trinajstić information content (AvgIpc) is 3.29. The minimum atomic E-state index is -4.59. The number of anilines is 3. The molecule has 1 fully saturated rings. The molecule has 0 bridgehead atoms. The normalized spacial score (nSPS) is 16.2. The monoisotopic (exact) mass is 528 g/mol. The van der Waals surface area contributed by atoms with Crippen LogP contribution >= 0.6 is 0 Å². The lowest BCUT2D eigenvalue weighted by atomic mass is 10.2. The van der Waals surface area contributed by atoms with Crippen LogP contribution in [0.3, 0.4) is 0 Å². The molecular formula is C22H27F3N6O4S. The Morgan fingerprint density at radius 2 is 1.97 bits per heavy atom. The maximum atomic E-state index is 13.6. The van der Waals surface area contributed by atoms with E-state index >= 15 is 0 Å². The minimum absolute atomic E-state index is 0.00360. The number of methoxy groups -OCH3 is 1. The molecule has 0 aliphatic carbocycles. The third-order valence-corrected chi connectivity index (χ3v) is 7.75. The van der Waals surface area contributed by atoms with Crippen molar-refractivity contribution < 1.29 is 31.1 Å². The largest absolute Gasteiger partial charge is 0.495 e. The number of nitrogens with one attached hydrogen (secondary N) is 3. The smallest absolute Gasteiger partial charge is 0.418 e. The van der Waals surface area contributed by atoms with Crippen molar-refractivity contribution in [2.24, 2.45) is 0 Å². The topological polar surface area (TPSA) is 121 Å². The molecule has 1 aromatic carbocycles. The highest BCUT2D eigenvalue weighted by atomic mass is 32.2. The lowest BCUT2D eigenvalue weighted by Gasteiger charge is -2.26. The van der Waals surface area contributed by atoms with Gasteiger partial charge in [-0.25, -0.2) is 8.42 Å². The third kappa shape index (κ3) is 5.20. The molecule has 1 aliphatic heterocycles. The van der Waals surface area contributed by atoms with Crippen LogP contribution in [0.1, 0.15) is 25.8 Å². The number of aromatic amines is 1. The second kappa shape index (κ2) is 10.1. The van der Waals surface area contributed by atoms with Crippen LogP contribution in [0.25, 0.3) is 11.0 Å². The average molecular weight is 529 g/mol. The summed E-state index contributed by atoms with van der Waals surface area (Å²) in [5.41, 5.74) is -0.531. The van der Waals surface area contributed by atoms with Gasteiger partial charge in [0, 0.05) is 31.4 Å². The molecule has 10 nitrogen and oxygen atoms in total. The Labute approximate surface area is 206 Å². The molecule has 3 aromatic rings. The molecule has 0 unspecified atom stereocenters. The number of benzene rings is 1. The summed E-state index contributed by atoms with van der Waals surface area (Å²) in [6.45, 7) is 4.86. The van der Waals surface area contributed by atoms with E-state index in [1.807, 2.05) is 13.8 Å². The van der Waals surface area contributed by atoms with Gasteiger partial charge in [-0.05, 0) is 25.5 Å². The third-order valence-electron chi connectivity index (χ3n) is 5.86. The van der Waals surface area contributed by atoms with E-state index in [0.29, 0.717) is 25.3 Å². The second-order valence-electron chi connectivity index (χ2n) is 8.28. The first-order valence-electron chi connectivity index (χ1n) is 11.3. The van der Waals surface area contributed by atoms with Crippen molar-refractivity contribution in [3.05, 3.63) is 30.0 Å². The lowest BCUT2D eigenvalue weighted by Crippen LogP contribution is -2.40. The molecule has 14 heteroatoms. The van der Waals surface area contributed by atoms with Crippen molar-refractivity contribution in [3.8, 4) is 5.75 Å². The number of hydrogen-bond donors (Lipinski definition) is 3. The van der Waals surface area contributed by atoms with E-state index in [0.717, 1.165) is 6.20 Å². The maximum Gasteiger partial charge on any atom is 0.418 e. The molecule has 0 radical (unpaired) electrons. The molecule has 196 valence electrons. The SMILES string of the molecule is CC[C@H](C)Nc1nc(Nc2ccc(S(=O)(=O)N3CCOCC3)cc2OC)nc2[nH]cc(C(F)(F)F)c12. The van der Waals surface area contributed by atoms with Gasteiger partial charge >= 0.3 is 6.18 Å². The number of hydrogen-bond acceptors (Lipinski definition) is 8. The van der Waals surface area contributed by atoms with Gasteiger partial charge < -0.3 is 25.1 Å². The highest BCUT2D eigenvalue weighted by Crippen LogP contribution is 2.38. The highest BCUT2D eigenvalue weighted by Gasteiger charge is 2.36. The van der Waals surface area contributed by atoms with E-state index in [-0.39, 0.29) is 52.6 Å². The van der Waals surface area contributed by atoms with Gasteiger partial charge in [-0.3, -0.25) is 0 Å². The van der Waals surface area contributed by atoms with E-state index in [9.17, 15) is 21.6 Å². The number of morpholine rings is 1. The Kier molecular flexibility index (Phi) is 7.29. The molecule has 0 amide bonds. The first-order valence-corrected chi connectivity index (χ1v) is 12.7. The zero-order chi connectivity index (χ0) is 26.1. The summed E-state index contributed by atoms with van der Waals surface area (Å²) < 4.78 is 78.7. The first-order chi connectivity index (χ1) is 17.0. The Bertz CT molecular complexity index is 1340. The number of ether oxygens (including phenoxy) is 2. The van der Waals surface area contributed by atoms with Crippen LogP contribution in [0.4, 0.5) is 30.6 Å². The molecular weight excluding hydrogens is 501 g/mol. The van der Waals surface area contributed by atoms with Crippen molar-refractivity contribution >= 4 is 38.5 Å². The molecule has 1 aliphatic rings. The fraction of sp³-hybridized carbons (Fsp3) is 0.455. The van der Waals surface area contributed by atoms with Crippen molar-refractivity contribution in [2.45, 2.75) is 37.4 Å². The van der Waals surface area contributed by atoms with Crippen molar-refractivity contribution in [1.82, 2.24) is 19.3 Å². The maximum absolute atomic E-state index is 13.6. The quantitative estimate of drug-likeness (QED) is 0.402. The Morgan fingerprint density at radius 3 is 2.61 bits per heavy atom. The Hall–Kier alpha value is -3.10. The number of halogens is 3. The second-order valence-corrected chi connectivity index (χ2v) is 10.2. The Balaban J connectivity index is 1.70. The van der Waals surface area contributed by atoms with Gasteiger partial charge in [0.25, 0.3) is 0 Å². The molecule has 1 atom stereocenters. The summed E-state index contributed by atoms with van der Waals surface area (Å²) in [6.07, 6.45) is -3.07. The minimum Gasteiger partial charge on any atom is -0.495 e. The van der Waals surface area contributed by atoms with Gasteiger partial charge in [0.15, 0.2) is 0 Å². The molecule has 3 N–H and O–H groups in total. The van der Waals surface area contributed by atoms with Crippen LogP contribution in [0.2, 0.25) is 0 Å². The number of sulfonamides is 1. The fourth-order valence-corrected chi connectivity index (χ4v) is 5.17. The van der Waals surface area contributed by atoms with Crippen molar-refractivity contribution in [3.63, 3.8) is 0 Å². The number of rotatable bonds is 8. The van der Waals surface area contributed by atoms with E-state index in [2.05, 4.69) is 25.6 Å². The summed E-state index contributed by atoms with van der Waals surface area (Å²) in [6, 6.07) is 4.15. The molecule has 36 heavy (non-hydrogen) atoms. The fourth-order valence-electron chi connectivity index (χ4n) is 3.74. The molecule has 0 saturated carbocycles. The summed E-state index contributed by atoms with van der Waals surface area (Å²) in [5.74, 6) is 0.230. The standard InChI is InChI=1S/C22H27F3N6O4S/c1-4-13(2)27-20-18-15(22(23,24)25)12-26-19(18)29-21(30-20)28-16-6-5-14(11-17(16)34-3)36(32,33)31-7-9-35-10-8-31/h5-6,11-13H,4,7-10H2,1-3H3,(H3,26,27,28,29,30)/t13-/m0/s1. The first kappa shape index (κ1) is 26.0. The van der Waals surface area contributed by atoms with Crippen molar-refractivity contribution in [1.29, 1.82) is 0 Å². The Morgan fingerprint density at radius 1 is 1.25 bits per heavy atom. The van der Waals surface area contributed by atoms with Gasteiger partial charge in [0.2, 0.25) is 16.0 Å². The molecule has 2 aromatic heterocycles. The van der Waals surface area contributed by atoms with Gasteiger partial charge in [-0.1, -0.05) is 6.92 Å². The van der Waals surface area contributed by atoms with Gasteiger partial charge in [-0.15, -0.1) is 0 Å².